The molecule has 1 aliphatic carbocycles. The van der Waals surface area contributed by atoms with E-state index in [4.69, 9.17) is 17.2 Å². The zero-order chi connectivity index (χ0) is 84.3. The third kappa shape index (κ3) is 32.9. The summed E-state index contributed by atoms with van der Waals surface area (Å²) in [5, 5.41) is 94.2. The number of hydrogen-bond donors (Lipinski definition) is 20. The molecule has 2 fully saturated rings. The van der Waals surface area contributed by atoms with E-state index in [1.165, 1.54) is 34.1 Å². The third-order valence-corrected chi connectivity index (χ3v) is 19.6. The summed E-state index contributed by atoms with van der Waals surface area (Å²) in [6, 6.07) is 6.46. The minimum atomic E-state index is -1.89. The van der Waals surface area contributed by atoms with Crippen LogP contribution in [0.25, 0.3) is 10.9 Å². The molecule has 4 aromatic rings. The van der Waals surface area contributed by atoms with E-state index < -0.39 is 183 Å². The molecule has 10 amide bonds. The summed E-state index contributed by atoms with van der Waals surface area (Å²) in [6.45, 7) is 0.000889. The van der Waals surface area contributed by atoms with Crippen LogP contribution in [0.4, 0.5) is 0 Å². The fraction of sp³-hybridized carbons (Fsp3) is 0.539. The summed E-state index contributed by atoms with van der Waals surface area (Å²) >= 11 is 0. The van der Waals surface area contributed by atoms with E-state index >= 15 is 0 Å². The van der Waals surface area contributed by atoms with Crippen molar-refractivity contribution in [2.75, 3.05) is 98.3 Å². The lowest BCUT2D eigenvalue weighted by molar-refractivity contribution is -0.141. The van der Waals surface area contributed by atoms with Crippen LogP contribution < -0.4 is 65.1 Å². The number of nitrogens with two attached hydrogens (primary N) is 3. The zero-order valence-electron chi connectivity index (χ0n) is 64.5. The predicted octanol–water partition coefficient (Wildman–Crippen LogP) is -4.25. The molecule has 0 radical (unpaired) electrons. The van der Waals surface area contributed by atoms with Crippen LogP contribution in [0.3, 0.4) is 0 Å². The highest BCUT2D eigenvalue weighted by Crippen LogP contribution is 2.28. The second-order valence-electron chi connectivity index (χ2n) is 29.2. The maximum Gasteiger partial charge on any atom is 0.317 e. The largest absolute Gasteiger partial charge is 0.508 e. The molecule has 39 heteroatoms. The second kappa shape index (κ2) is 47.3. The average Bonchev–Trinajstić information content (AvgIpc) is 1.72. The van der Waals surface area contributed by atoms with Gasteiger partial charge in [-0.05, 0) is 72.4 Å². The Kier molecular flexibility index (Phi) is 38.1. The highest BCUT2D eigenvalue weighted by Gasteiger charge is 2.38. The van der Waals surface area contributed by atoms with E-state index in [1.54, 1.807) is 84.4 Å². The number of primary amides is 1. The van der Waals surface area contributed by atoms with Crippen LogP contribution in [0.2, 0.25) is 0 Å². The maximum atomic E-state index is 15.0. The first-order chi connectivity index (χ1) is 54.7. The highest BCUT2D eigenvalue weighted by atomic mass is 16.4. The van der Waals surface area contributed by atoms with Crippen LogP contribution in [0.5, 0.6) is 5.75 Å². The Hall–Kier alpha value is -11.4. The van der Waals surface area contributed by atoms with Crippen molar-refractivity contribution in [2.24, 2.45) is 34.0 Å². The standard InChI is InChI=1S/C76H110N18O21/c1-45(2)32-54(69(109)88-58(73(113)89-60(43-95)67(77)107)36-49-38-81-52-17-10-9-16-51(49)52)84-70(110)57(35-48-19-21-50(97)22-20-48)85-68(108)53(18-11-23-80-76(78)79)83-75(115)61(44-96)90-72(112)56(34-47-14-7-4-8-15-47)86-71(111)55(33-46-12-5-3-6-13-46)87-74(114)59(37-63(99)100)82-62(98)39-91-24-26-92(40-64(101)102)28-30-94(42-66(105)106)31-29-93(27-25-91)41-65(103)104/h4,7-10,14-17,19-22,38,45-46,53-61,81,95-97H,3,5-6,11-13,18,23-37,39-44H2,1-2H3,(H2,77,107)(H,82,98)(H,83,115)(H,84,110)(H,85,108)(H,86,111)(H,87,114)(H,88,109)(H,89,113)(H,90,112)(H,99,100)(H,101,102)(H,103,104)(H,105,106)(H4,78,79,80)/t53-,54+,55+,56+,57+,58+,59+,60+,61-/m1/s1. The number of nitrogens with one attached hydrogen (secondary N) is 10. The molecule has 1 aromatic heterocycles. The number of amides is 10. The number of carbonyl (C=O) groups is 14. The number of fused-ring (bicyclic) bond motifs is 1. The number of H-pyrrole nitrogens is 1. The van der Waals surface area contributed by atoms with E-state index in [9.17, 15) is 103 Å². The van der Waals surface area contributed by atoms with Crippen LogP contribution in [0, 0.1) is 11.8 Å². The van der Waals surface area contributed by atoms with E-state index in [-0.39, 0.29) is 127 Å². The molecule has 0 unspecified atom stereocenters. The van der Waals surface area contributed by atoms with Gasteiger partial charge in [-0.3, -0.25) is 91.7 Å². The van der Waals surface area contributed by atoms with Crippen LogP contribution in [0.1, 0.15) is 94.7 Å². The van der Waals surface area contributed by atoms with Gasteiger partial charge in [0.05, 0.1) is 45.8 Å². The quantitative estimate of drug-likeness (QED) is 0.0113. The molecule has 115 heavy (non-hydrogen) atoms. The van der Waals surface area contributed by atoms with E-state index in [0.717, 1.165) is 19.3 Å². The second-order valence-corrected chi connectivity index (χ2v) is 29.2. The number of guanidine groups is 1. The number of hydrogen-bond acceptors (Lipinski definition) is 22. The fourth-order valence-electron chi connectivity index (χ4n) is 13.5. The van der Waals surface area contributed by atoms with Gasteiger partial charge in [0, 0.05) is 95.3 Å². The first-order valence-corrected chi connectivity index (χ1v) is 38.2. The van der Waals surface area contributed by atoms with Crippen molar-refractivity contribution in [1.82, 2.24) is 72.4 Å². The summed E-state index contributed by atoms with van der Waals surface area (Å²) < 4.78 is 0. The molecule has 39 nitrogen and oxygen atoms in total. The van der Waals surface area contributed by atoms with Crippen LogP contribution in [-0.2, 0) is 86.4 Å². The fourth-order valence-corrected chi connectivity index (χ4v) is 13.5. The molecule has 1 saturated carbocycles. The number of aromatic amines is 1. The smallest absolute Gasteiger partial charge is 0.317 e. The molecular weight excluding hydrogens is 1500 g/mol. The molecule has 23 N–H and O–H groups in total. The number of carboxylic acids is 4. The number of aliphatic hydroxyl groups is 2. The van der Waals surface area contributed by atoms with Crippen LogP contribution in [-0.4, -0.2) is 302 Å². The molecular formula is C76H110N18O21. The minimum absolute atomic E-state index is 0.000611. The van der Waals surface area contributed by atoms with E-state index in [2.05, 4.69) is 57.8 Å². The summed E-state index contributed by atoms with van der Waals surface area (Å²) in [4.78, 5) is 205. The number of rotatable bonds is 44. The molecule has 630 valence electrons. The van der Waals surface area contributed by atoms with Crippen molar-refractivity contribution >= 4 is 99.8 Å². The van der Waals surface area contributed by atoms with Crippen molar-refractivity contribution in [3.8, 4) is 5.75 Å². The number of benzene rings is 3. The first-order valence-electron chi connectivity index (χ1n) is 38.2. The number of phenols is 1. The monoisotopic (exact) mass is 1610 g/mol. The molecule has 3 aromatic carbocycles. The maximum absolute atomic E-state index is 15.0. The van der Waals surface area contributed by atoms with Gasteiger partial charge >= 0.3 is 23.9 Å². The number of aromatic nitrogens is 1. The van der Waals surface area contributed by atoms with Crippen molar-refractivity contribution < 1.29 is 103 Å². The lowest BCUT2D eigenvalue weighted by Crippen LogP contribution is -2.61. The van der Waals surface area contributed by atoms with Gasteiger partial charge in [-0.25, -0.2) is 0 Å². The molecule has 0 spiro atoms. The minimum Gasteiger partial charge on any atom is -0.508 e. The van der Waals surface area contributed by atoms with Gasteiger partial charge in [0.2, 0.25) is 59.1 Å². The number of aromatic hydroxyl groups is 1. The molecule has 9 atom stereocenters. The van der Waals surface area contributed by atoms with Gasteiger partial charge in [0.25, 0.3) is 0 Å². The number of phenolic OH excluding ortho intramolecular Hbond substituents is 1. The lowest BCUT2D eigenvalue weighted by Gasteiger charge is -2.33. The normalized spacial score (nSPS) is 16.6. The molecule has 1 aliphatic heterocycles. The number of nitrogens with zero attached hydrogens (tertiary/aromatic N) is 5. The number of aliphatic hydroxyl groups excluding tert-OH is 2. The Morgan fingerprint density at radius 2 is 0.878 bits per heavy atom. The van der Waals surface area contributed by atoms with Gasteiger partial charge in [-0.1, -0.05) is 107 Å². The number of aliphatic imine (C=N–C) groups is 1. The average molecular weight is 1610 g/mol. The summed E-state index contributed by atoms with van der Waals surface area (Å²) in [7, 11) is 0. The number of carboxylic acid groups (broad SMARTS) is 4. The van der Waals surface area contributed by atoms with Gasteiger partial charge in [-0.15, -0.1) is 0 Å². The molecule has 0 bridgehead atoms. The zero-order valence-corrected chi connectivity index (χ0v) is 64.5. The Morgan fingerprint density at radius 3 is 1.37 bits per heavy atom. The molecule has 2 aliphatic rings. The molecule has 1 saturated heterocycles. The Bertz CT molecular complexity index is 3940. The Balaban J connectivity index is 1.24. The van der Waals surface area contributed by atoms with Crippen molar-refractivity contribution in [1.29, 1.82) is 0 Å². The van der Waals surface area contributed by atoms with E-state index in [0.29, 0.717) is 40.4 Å². The van der Waals surface area contributed by atoms with Crippen LogP contribution in [0.15, 0.2) is 90.1 Å². The van der Waals surface area contributed by atoms with Crippen molar-refractivity contribution in [2.45, 2.75) is 152 Å². The highest BCUT2D eigenvalue weighted by molar-refractivity contribution is 5.99. The lowest BCUT2D eigenvalue weighted by atomic mass is 9.84. The first kappa shape index (κ1) is 92.5. The van der Waals surface area contributed by atoms with Gasteiger partial charge in [0.1, 0.15) is 60.1 Å². The Morgan fingerprint density at radius 1 is 0.461 bits per heavy atom. The molecule has 2 heterocycles. The summed E-state index contributed by atoms with van der Waals surface area (Å²) in [6.07, 6.45) is 3.17. The topological polar surface area (TPSA) is 608 Å². The van der Waals surface area contributed by atoms with Gasteiger partial charge < -0.3 is 106 Å². The number of para-hydroxylation sites is 1. The number of carbonyl (C=O) groups excluding carboxylic acids is 10. The van der Waals surface area contributed by atoms with Gasteiger partial charge in [0.15, 0.2) is 5.96 Å². The van der Waals surface area contributed by atoms with Crippen LogP contribution >= 0.6 is 0 Å². The molecule has 6 rings (SSSR count). The number of aliphatic carboxylic acids is 4. The van der Waals surface area contributed by atoms with Gasteiger partial charge in [-0.2, -0.15) is 0 Å². The third-order valence-electron chi connectivity index (χ3n) is 19.6. The summed E-state index contributed by atoms with van der Waals surface area (Å²) in [5.41, 5.74) is 18.8. The van der Waals surface area contributed by atoms with E-state index in [1.807, 2.05) is 0 Å². The SMILES string of the molecule is CC(C)C[C@H](NC(=O)[C@H](Cc1ccc(O)cc1)NC(=O)[C@@H](CCCN=C(N)N)NC(=O)[C@@H](CO)NC(=O)[C@H](Cc1ccccc1)NC(=O)[C@H](CC1CCCCC1)NC(=O)[C@H](CC(=O)O)NC(=O)CN1CCN(CC(=O)O)CCN(CC(=O)O)CCN(CC(=O)O)CC1)C(=O)N[C@@H](Cc1c[nH]c2ccccc12)C(=O)N[C@@H](CO)C(N)=O. The van der Waals surface area contributed by atoms with Crippen molar-refractivity contribution in [3.63, 3.8) is 0 Å². The predicted molar refractivity (Wildman–Crippen MR) is 416 cm³/mol. The van der Waals surface area contributed by atoms with Crippen molar-refractivity contribution in [3.05, 3.63) is 102 Å². The Labute approximate surface area is 664 Å². The summed E-state index contributed by atoms with van der Waals surface area (Å²) in [5.74, 6) is -16.0.